The predicted octanol–water partition coefficient (Wildman–Crippen LogP) is 3.43. The van der Waals surface area contributed by atoms with Gasteiger partial charge in [-0.1, -0.05) is 12.1 Å². The molecule has 0 aliphatic carbocycles. The minimum atomic E-state index is -0.692. The van der Waals surface area contributed by atoms with Crippen LogP contribution in [0.4, 0.5) is 5.69 Å². The van der Waals surface area contributed by atoms with Crippen LogP contribution >= 0.6 is 15.9 Å². The monoisotopic (exact) mass is 416 g/mol. The van der Waals surface area contributed by atoms with Crippen molar-refractivity contribution in [3.63, 3.8) is 0 Å². The highest BCUT2D eigenvalue weighted by molar-refractivity contribution is 9.10. The molecule has 0 aromatic heterocycles. The molecule has 0 unspecified atom stereocenters. The van der Waals surface area contributed by atoms with Crippen molar-refractivity contribution >= 4 is 39.6 Å². The maximum Gasteiger partial charge on any atom is 0.363 e. The van der Waals surface area contributed by atoms with Crippen molar-refractivity contribution in [3.05, 3.63) is 67.8 Å². The summed E-state index contributed by atoms with van der Waals surface area (Å²) in [5, 5.41) is 11.3. The number of carbonyl (C=O) groups is 1. The molecule has 0 spiro atoms. The molecule has 0 fully saturated rings. The van der Waals surface area contributed by atoms with E-state index in [0.717, 1.165) is 0 Å². The van der Waals surface area contributed by atoms with Crippen molar-refractivity contribution in [1.29, 1.82) is 0 Å². The molecule has 0 bridgehead atoms. The van der Waals surface area contributed by atoms with Crippen molar-refractivity contribution in [2.75, 3.05) is 6.79 Å². The Labute approximate surface area is 155 Å². The summed E-state index contributed by atoms with van der Waals surface area (Å²) in [6.07, 6.45) is 1.30. The van der Waals surface area contributed by atoms with Gasteiger partial charge in [-0.15, -0.1) is 0 Å². The molecule has 0 atom stereocenters. The molecule has 0 amide bonds. The number of benzene rings is 2. The number of halogens is 1. The number of carbonyl (C=O) groups excluding carboxylic acids is 1. The van der Waals surface area contributed by atoms with Crippen LogP contribution in [0.2, 0.25) is 0 Å². The number of hydrogen-bond donors (Lipinski definition) is 0. The maximum atomic E-state index is 12.1. The zero-order valence-electron chi connectivity index (χ0n) is 13.0. The number of esters is 1. The standard InChI is InChI=1S/C17H9BrN2O6/c18-11-4-2-1-3-10(11)16-19-12(17(21)26-16)5-9-6-14-15(25-8-24-14)7-13(9)20(22)23/h1-7H,8H2. The highest BCUT2D eigenvalue weighted by Gasteiger charge is 2.28. The summed E-state index contributed by atoms with van der Waals surface area (Å²) in [5.41, 5.74) is 0.504. The van der Waals surface area contributed by atoms with Gasteiger partial charge in [0.15, 0.2) is 17.2 Å². The Balaban J connectivity index is 1.78. The van der Waals surface area contributed by atoms with E-state index in [-0.39, 0.29) is 35.4 Å². The molecular weight excluding hydrogens is 408 g/mol. The fraction of sp³-hybridized carbons (Fsp3) is 0.0588. The second-order valence-corrected chi connectivity index (χ2v) is 6.19. The van der Waals surface area contributed by atoms with Crippen LogP contribution in [0.5, 0.6) is 11.5 Å². The van der Waals surface area contributed by atoms with Gasteiger partial charge >= 0.3 is 5.97 Å². The number of nitro groups is 1. The van der Waals surface area contributed by atoms with E-state index in [1.807, 2.05) is 6.07 Å². The molecule has 130 valence electrons. The van der Waals surface area contributed by atoms with E-state index < -0.39 is 10.9 Å². The van der Waals surface area contributed by atoms with Gasteiger partial charge in [0.25, 0.3) is 5.69 Å². The Morgan fingerprint density at radius 3 is 2.65 bits per heavy atom. The molecule has 2 aromatic rings. The van der Waals surface area contributed by atoms with E-state index in [4.69, 9.17) is 14.2 Å². The summed E-state index contributed by atoms with van der Waals surface area (Å²) in [6.45, 7) is -0.0150. The first-order valence-corrected chi connectivity index (χ1v) is 8.18. The highest BCUT2D eigenvalue weighted by atomic mass is 79.9. The summed E-state index contributed by atoms with van der Waals surface area (Å²) in [6, 6.07) is 9.82. The number of ether oxygens (including phenoxy) is 3. The zero-order chi connectivity index (χ0) is 18.3. The molecule has 2 heterocycles. The number of nitrogens with zero attached hydrogens (tertiary/aromatic N) is 2. The molecule has 2 aliphatic rings. The molecule has 2 aromatic carbocycles. The van der Waals surface area contributed by atoms with Gasteiger partial charge in [-0.2, -0.15) is 0 Å². The van der Waals surface area contributed by atoms with Gasteiger partial charge in [0.05, 0.1) is 22.1 Å². The van der Waals surface area contributed by atoms with Crippen molar-refractivity contribution in [1.82, 2.24) is 0 Å². The zero-order valence-corrected chi connectivity index (χ0v) is 14.6. The van der Waals surface area contributed by atoms with Gasteiger partial charge in [0.1, 0.15) is 0 Å². The summed E-state index contributed by atoms with van der Waals surface area (Å²) >= 11 is 3.37. The minimum Gasteiger partial charge on any atom is -0.454 e. The molecule has 2 aliphatic heterocycles. The summed E-state index contributed by atoms with van der Waals surface area (Å²) in [7, 11) is 0. The Morgan fingerprint density at radius 2 is 1.92 bits per heavy atom. The summed E-state index contributed by atoms with van der Waals surface area (Å²) in [5.74, 6) is 0.0777. The number of hydrogen-bond acceptors (Lipinski definition) is 7. The Hall–Kier alpha value is -3.20. The van der Waals surface area contributed by atoms with Crippen LogP contribution in [0, 0.1) is 10.1 Å². The SMILES string of the molecule is O=C1OC(c2ccccc2Br)=NC1=Cc1cc2c(cc1[N+](=O)[O-])OCO2. The number of cyclic esters (lactones) is 1. The number of rotatable bonds is 3. The van der Waals surface area contributed by atoms with Crippen molar-refractivity contribution in [3.8, 4) is 11.5 Å². The first-order chi connectivity index (χ1) is 12.5. The highest BCUT2D eigenvalue weighted by Crippen LogP contribution is 2.39. The second-order valence-electron chi connectivity index (χ2n) is 5.34. The van der Waals surface area contributed by atoms with Crippen molar-refractivity contribution in [2.24, 2.45) is 4.99 Å². The van der Waals surface area contributed by atoms with Crippen LogP contribution in [-0.4, -0.2) is 23.6 Å². The number of aliphatic imine (C=N–C) groups is 1. The van der Waals surface area contributed by atoms with Crippen LogP contribution in [0.1, 0.15) is 11.1 Å². The lowest BCUT2D eigenvalue weighted by atomic mass is 10.1. The molecule has 0 N–H and O–H groups in total. The van der Waals surface area contributed by atoms with E-state index in [1.54, 1.807) is 18.2 Å². The molecule has 4 rings (SSSR count). The van der Waals surface area contributed by atoms with Crippen LogP contribution in [0.3, 0.4) is 0 Å². The second kappa shape index (κ2) is 6.26. The van der Waals surface area contributed by atoms with Gasteiger partial charge in [-0.05, 0) is 40.2 Å². The first kappa shape index (κ1) is 16.3. The Kier molecular flexibility index (Phi) is 3.92. The van der Waals surface area contributed by atoms with Crippen LogP contribution in [0.15, 0.2) is 51.6 Å². The van der Waals surface area contributed by atoms with Crippen LogP contribution < -0.4 is 9.47 Å². The first-order valence-electron chi connectivity index (χ1n) is 7.38. The maximum absolute atomic E-state index is 12.1. The van der Waals surface area contributed by atoms with Gasteiger partial charge in [0.2, 0.25) is 12.7 Å². The van der Waals surface area contributed by atoms with E-state index in [0.29, 0.717) is 15.8 Å². The number of nitro benzene ring substituents is 1. The third-order valence-corrected chi connectivity index (χ3v) is 4.43. The number of fused-ring (bicyclic) bond motifs is 1. The van der Waals surface area contributed by atoms with Gasteiger partial charge in [-0.3, -0.25) is 10.1 Å². The normalized spacial score (nSPS) is 16.6. The minimum absolute atomic E-state index is 0.0150. The van der Waals surface area contributed by atoms with Gasteiger partial charge < -0.3 is 14.2 Å². The van der Waals surface area contributed by atoms with E-state index >= 15 is 0 Å². The molecule has 9 heteroatoms. The van der Waals surface area contributed by atoms with Crippen LogP contribution in [-0.2, 0) is 9.53 Å². The fourth-order valence-electron chi connectivity index (χ4n) is 2.53. The van der Waals surface area contributed by atoms with Crippen LogP contribution in [0.25, 0.3) is 6.08 Å². The quantitative estimate of drug-likeness (QED) is 0.328. The molecule has 26 heavy (non-hydrogen) atoms. The fourth-order valence-corrected chi connectivity index (χ4v) is 2.98. The topological polar surface area (TPSA) is 100 Å². The lowest BCUT2D eigenvalue weighted by Gasteiger charge is -2.01. The smallest absolute Gasteiger partial charge is 0.363 e. The Bertz CT molecular complexity index is 1010. The average molecular weight is 417 g/mol. The molecule has 8 nitrogen and oxygen atoms in total. The average Bonchev–Trinajstić information content (AvgIpc) is 3.21. The predicted molar refractivity (Wildman–Crippen MR) is 94.0 cm³/mol. The summed E-state index contributed by atoms with van der Waals surface area (Å²) in [4.78, 5) is 27.1. The van der Waals surface area contributed by atoms with Gasteiger partial charge in [0, 0.05) is 4.47 Å². The third-order valence-electron chi connectivity index (χ3n) is 3.74. The van der Waals surface area contributed by atoms with E-state index in [1.165, 1.54) is 18.2 Å². The lowest BCUT2D eigenvalue weighted by Crippen LogP contribution is -2.06. The van der Waals surface area contributed by atoms with E-state index in [9.17, 15) is 14.9 Å². The van der Waals surface area contributed by atoms with Crippen molar-refractivity contribution in [2.45, 2.75) is 0 Å². The van der Waals surface area contributed by atoms with Gasteiger partial charge in [-0.25, -0.2) is 9.79 Å². The lowest BCUT2D eigenvalue weighted by molar-refractivity contribution is -0.385. The molecule has 0 radical (unpaired) electrons. The molecular formula is C17H9BrN2O6. The summed E-state index contributed by atoms with van der Waals surface area (Å²) < 4.78 is 16.3. The van der Waals surface area contributed by atoms with Crippen molar-refractivity contribution < 1.29 is 23.9 Å². The third kappa shape index (κ3) is 2.82. The van der Waals surface area contributed by atoms with E-state index in [2.05, 4.69) is 20.9 Å². The molecule has 0 saturated heterocycles. The Morgan fingerprint density at radius 1 is 1.19 bits per heavy atom. The largest absolute Gasteiger partial charge is 0.454 e. The molecule has 0 saturated carbocycles.